The van der Waals surface area contributed by atoms with Crippen LogP contribution in [0.15, 0.2) is 53.0 Å². The van der Waals surface area contributed by atoms with Crippen molar-refractivity contribution < 1.29 is 4.74 Å². The molecule has 0 spiro atoms. The second kappa shape index (κ2) is 7.95. The fraction of sp³-hybridized carbons (Fsp3) is 0.294. The molecule has 0 aliphatic rings. The van der Waals surface area contributed by atoms with Crippen molar-refractivity contribution in [3.8, 4) is 0 Å². The van der Waals surface area contributed by atoms with E-state index in [0.29, 0.717) is 11.6 Å². The summed E-state index contributed by atoms with van der Waals surface area (Å²) in [6.45, 7) is 2.54. The van der Waals surface area contributed by atoms with Crippen LogP contribution >= 0.6 is 27.5 Å². The van der Waals surface area contributed by atoms with E-state index in [1.54, 1.807) is 0 Å². The van der Waals surface area contributed by atoms with Gasteiger partial charge < -0.3 is 10.5 Å². The van der Waals surface area contributed by atoms with E-state index in [9.17, 15) is 0 Å². The Labute approximate surface area is 139 Å². The van der Waals surface area contributed by atoms with Crippen LogP contribution < -0.4 is 5.73 Å². The number of hydrogen-bond acceptors (Lipinski definition) is 2. The van der Waals surface area contributed by atoms with Crippen molar-refractivity contribution in [1.29, 1.82) is 0 Å². The highest BCUT2D eigenvalue weighted by Crippen LogP contribution is 2.30. The van der Waals surface area contributed by atoms with Gasteiger partial charge in [-0.2, -0.15) is 0 Å². The molecule has 2 rings (SSSR count). The number of ether oxygens (including phenoxy) is 1. The highest BCUT2D eigenvalue weighted by Gasteiger charge is 2.21. The van der Waals surface area contributed by atoms with Crippen LogP contribution in [-0.4, -0.2) is 6.04 Å². The van der Waals surface area contributed by atoms with Gasteiger partial charge in [-0.1, -0.05) is 70.9 Å². The van der Waals surface area contributed by atoms with Crippen LogP contribution in [0.2, 0.25) is 5.02 Å². The van der Waals surface area contributed by atoms with Gasteiger partial charge in [0.15, 0.2) is 0 Å². The SMILES string of the molecule is CCC(N)C(OCc1ccccc1Br)c1ccccc1Cl. The third-order valence-corrected chi connectivity index (χ3v) is 4.57. The molecule has 21 heavy (non-hydrogen) atoms. The fourth-order valence-corrected chi connectivity index (χ4v) is 2.80. The summed E-state index contributed by atoms with van der Waals surface area (Å²) in [6, 6.07) is 15.6. The molecule has 0 aliphatic heterocycles. The molecule has 2 unspecified atom stereocenters. The summed E-state index contributed by atoms with van der Waals surface area (Å²) < 4.78 is 7.12. The predicted molar refractivity (Wildman–Crippen MR) is 91.4 cm³/mol. The van der Waals surface area contributed by atoms with E-state index in [2.05, 4.69) is 22.9 Å². The van der Waals surface area contributed by atoms with Crippen LogP contribution in [0, 0.1) is 0 Å². The van der Waals surface area contributed by atoms with E-state index < -0.39 is 0 Å². The Hall–Kier alpha value is -0.870. The van der Waals surface area contributed by atoms with E-state index in [1.807, 2.05) is 48.5 Å². The maximum Gasteiger partial charge on any atom is 0.0994 e. The van der Waals surface area contributed by atoms with Crippen molar-refractivity contribution in [2.75, 3.05) is 0 Å². The molecule has 0 saturated carbocycles. The standard InChI is InChI=1S/C17H19BrClNO/c1-2-16(20)17(13-8-4-6-10-15(13)19)21-11-12-7-3-5-9-14(12)18/h3-10,16-17H,2,11,20H2,1H3. The second-order valence-electron chi connectivity index (χ2n) is 4.92. The largest absolute Gasteiger partial charge is 0.367 e. The molecule has 0 amide bonds. The highest BCUT2D eigenvalue weighted by atomic mass is 79.9. The minimum atomic E-state index is -0.212. The van der Waals surface area contributed by atoms with Crippen LogP contribution in [0.4, 0.5) is 0 Å². The molecule has 4 heteroatoms. The van der Waals surface area contributed by atoms with Crippen LogP contribution in [-0.2, 0) is 11.3 Å². The predicted octanol–water partition coefficient (Wildman–Crippen LogP) is 5.10. The Bertz CT molecular complexity index is 591. The summed E-state index contributed by atoms with van der Waals surface area (Å²) in [5, 5.41) is 0.693. The molecule has 0 radical (unpaired) electrons. The monoisotopic (exact) mass is 367 g/mol. The Morgan fingerprint density at radius 3 is 2.48 bits per heavy atom. The zero-order valence-electron chi connectivity index (χ0n) is 11.9. The van der Waals surface area contributed by atoms with E-state index in [4.69, 9.17) is 22.1 Å². The third kappa shape index (κ3) is 4.30. The van der Waals surface area contributed by atoms with Crippen LogP contribution in [0.25, 0.3) is 0 Å². The molecule has 2 aromatic rings. The molecule has 2 atom stereocenters. The molecule has 2 N–H and O–H groups in total. The van der Waals surface area contributed by atoms with Crippen LogP contribution in [0.5, 0.6) is 0 Å². The first kappa shape index (κ1) is 16.5. The second-order valence-corrected chi connectivity index (χ2v) is 6.18. The summed E-state index contributed by atoms with van der Waals surface area (Å²) in [6.07, 6.45) is 0.613. The summed E-state index contributed by atoms with van der Waals surface area (Å²) >= 11 is 9.82. The lowest BCUT2D eigenvalue weighted by Gasteiger charge is -2.25. The topological polar surface area (TPSA) is 35.2 Å². The molecular formula is C17H19BrClNO. The van der Waals surface area contributed by atoms with Gasteiger partial charge in [-0.3, -0.25) is 0 Å². The molecule has 0 aliphatic carbocycles. The third-order valence-electron chi connectivity index (χ3n) is 3.45. The van der Waals surface area contributed by atoms with E-state index in [1.165, 1.54) is 0 Å². The van der Waals surface area contributed by atoms with Gasteiger partial charge in [-0.05, 0) is 24.1 Å². The summed E-state index contributed by atoms with van der Waals surface area (Å²) in [4.78, 5) is 0. The van der Waals surface area contributed by atoms with Gasteiger partial charge in [-0.15, -0.1) is 0 Å². The molecule has 0 bridgehead atoms. The van der Waals surface area contributed by atoms with Crippen molar-refractivity contribution in [3.05, 3.63) is 69.2 Å². The molecule has 0 fully saturated rings. The maximum atomic E-state index is 6.29. The Morgan fingerprint density at radius 1 is 1.14 bits per heavy atom. The number of halogens is 2. The first-order chi connectivity index (χ1) is 10.1. The van der Waals surface area contributed by atoms with E-state index in [-0.39, 0.29) is 12.1 Å². The molecule has 0 saturated heterocycles. The molecular weight excluding hydrogens is 350 g/mol. The highest BCUT2D eigenvalue weighted by molar-refractivity contribution is 9.10. The number of hydrogen-bond donors (Lipinski definition) is 1. The summed E-state index contributed by atoms with van der Waals surface area (Å²) in [7, 11) is 0. The van der Waals surface area contributed by atoms with Gasteiger partial charge in [0.25, 0.3) is 0 Å². The smallest absolute Gasteiger partial charge is 0.0994 e. The Kier molecular flexibility index (Phi) is 6.24. The van der Waals surface area contributed by atoms with Gasteiger partial charge in [0.05, 0.1) is 12.7 Å². The van der Waals surface area contributed by atoms with E-state index >= 15 is 0 Å². The van der Waals surface area contributed by atoms with Crippen molar-refractivity contribution in [3.63, 3.8) is 0 Å². The van der Waals surface area contributed by atoms with Crippen molar-refractivity contribution in [2.24, 2.45) is 5.73 Å². The van der Waals surface area contributed by atoms with Gasteiger partial charge in [0, 0.05) is 21.1 Å². The minimum absolute atomic E-state index is 0.0904. The molecule has 0 aromatic heterocycles. The molecule has 2 nitrogen and oxygen atoms in total. The van der Waals surface area contributed by atoms with E-state index in [0.717, 1.165) is 22.0 Å². The Morgan fingerprint density at radius 2 is 1.81 bits per heavy atom. The average Bonchev–Trinajstić information content (AvgIpc) is 2.50. The lowest BCUT2D eigenvalue weighted by molar-refractivity contribution is 0.0210. The Balaban J connectivity index is 2.18. The van der Waals surface area contributed by atoms with Gasteiger partial charge >= 0.3 is 0 Å². The van der Waals surface area contributed by atoms with Crippen LogP contribution in [0.3, 0.4) is 0 Å². The van der Waals surface area contributed by atoms with Gasteiger partial charge in [-0.25, -0.2) is 0 Å². The van der Waals surface area contributed by atoms with Crippen molar-refractivity contribution >= 4 is 27.5 Å². The number of nitrogens with two attached hydrogens (primary N) is 1. The molecule has 2 aromatic carbocycles. The van der Waals surface area contributed by atoms with Crippen molar-refractivity contribution in [2.45, 2.75) is 32.1 Å². The quantitative estimate of drug-likeness (QED) is 0.770. The lowest BCUT2D eigenvalue weighted by Crippen LogP contribution is -2.29. The average molecular weight is 369 g/mol. The van der Waals surface area contributed by atoms with Gasteiger partial charge in [0.2, 0.25) is 0 Å². The first-order valence-electron chi connectivity index (χ1n) is 6.98. The number of rotatable bonds is 6. The summed E-state index contributed by atoms with van der Waals surface area (Å²) in [5.74, 6) is 0. The first-order valence-corrected chi connectivity index (χ1v) is 8.15. The normalized spacial score (nSPS) is 13.9. The number of benzene rings is 2. The lowest BCUT2D eigenvalue weighted by atomic mass is 10.0. The van der Waals surface area contributed by atoms with Crippen molar-refractivity contribution in [1.82, 2.24) is 0 Å². The summed E-state index contributed by atoms with van der Waals surface area (Å²) in [5.41, 5.74) is 8.27. The van der Waals surface area contributed by atoms with Gasteiger partial charge in [0.1, 0.15) is 0 Å². The zero-order valence-corrected chi connectivity index (χ0v) is 14.3. The van der Waals surface area contributed by atoms with Crippen LogP contribution in [0.1, 0.15) is 30.6 Å². The minimum Gasteiger partial charge on any atom is -0.367 e. The molecule has 0 heterocycles. The molecule has 112 valence electrons. The zero-order chi connectivity index (χ0) is 15.2. The maximum absolute atomic E-state index is 6.29. The fourth-order valence-electron chi connectivity index (χ4n) is 2.16.